The van der Waals surface area contributed by atoms with Gasteiger partial charge in [-0.3, -0.25) is 19.2 Å². The summed E-state index contributed by atoms with van der Waals surface area (Å²) in [6.45, 7) is 8.32. The molecule has 1 aliphatic carbocycles. The third-order valence-electron chi connectivity index (χ3n) is 7.35. The first-order valence-corrected chi connectivity index (χ1v) is 15.3. The van der Waals surface area contributed by atoms with Crippen LogP contribution in [-0.2, 0) is 23.9 Å². The number of hydrogen-bond donors (Lipinski definition) is 1. The maximum atomic E-state index is 13.8. The minimum absolute atomic E-state index is 0.00826. The van der Waals surface area contributed by atoms with Crippen LogP contribution in [0.25, 0.3) is 17.0 Å². The Kier molecular flexibility index (Phi) is 11.0. The fraction of sp³-hybridized carbons (Fsp3) is 0.485. The van der Waals surface area contributed by atoms with Crippen molar-refractivity contribution in [2.75, 3.05) is 32.8 Å². The monoisotopic (exact) mass is 619 g/mol. The molecule has 0 saturated carbocycles. The van der Waals surface area contributed by atoms with Crippen LogP contribution in [-0.4, -0.2) is 93.9 Å². The zero-order valence-electron chi connectivity index (χ0n) is 26.3. The predicted octanol–water partition coefficient (Wildman–Crippen LogP) is 3.80. The van der Waals surface area contributed by atoms with Gasteiger partial charge in [0.05, 0.1) is 12.3 Å². The summed E-state index contributed by atoms with van der Waals surface area (Å²) >= 11 is 0. The summed E-state index contributed by atoms with van der Waals surface area (Å²) in [4.78, 5) is 76.4. The van der Waals surface area contributed by atoms with Crippen LogP contribution in [0.1, 0.15) is 76.0 Å². The van der Waals surface area contributed by atoms with Crippen LogP contribution >= 0.6 is 0 Å². The number of piperazine rings is 1. The normalized spacial score (nSPS) is 16.0. The Hall–Kier alpha value is -4.61. The maximum absolute atomic E-state index is 13.8. The average molecular weight is 620 g/mol. The van der Waals surface area contributed by atoms with E-state index in [2.05, 4.69) is 10.3 Å². The quantitative estimate of drug-likeness (QED) is 0.414. The van der Waals surface area contributed by atoms with Gasteiger partial charge in [0.15, 0.2) is 5.82 Å². The van der Waals surface area contributed by atoms with Crippen molar-refractivity contribution in [2.24, 2.45) is 0 Å². The first-order valence-electron chi connectivity index (χ1n) is 15.3. The molecule has 12 heteroatoms. The Morgan fingerprint density at radius 3 is 2.29 bits per heavy atom. The highest BCUT2D eigenvalue weighted by molar-refractivity contribution is 5.97. The van der Waals surface area contributed by atoms with Crippen LogP contribution < -0.4 is 5.32 Å². The summed E-state index contributed by atoms with van der Waals surface area (Å²) in [5.41, 5.74) is 1.44. The van der Waals surface area contributed by atoms with Gasteiger partial charge in [0.2, 0.25) is 5.91 Å². The lowest BCUT2D eigenvalue weighted by Gasteiger charge is -2.36. The number of nitrogens with zero attached hydrogens (tertiary/aromatic N) is 4. The van der Waals surface area contributed by atoms with Crippen molar-refractivity contribution < 1.29 is 33.4 Å². The van der Waals surface area contributed by atoms with Crippen molar-refractivity contribution in [3.8, 4) is 11.4 Å². The van der Waals surface area contributed by atoms with Gasteiger partial charge in [-0.1, -0.05) is 36.4 Å². The number of amides is 3. The third-order valence-corrected chi connectivity index (χ3v) is 7.35. The molecule has 1 fully saturated rings. The minimum atomic E-state index is -1.05. The second-order valence-electron chi connectivity index (χ2n) is 12.0. The van der Waals surface area contributed by atoms with Crippen LogP contribution in [0.2, 0.25) is 0 Å². The van der Waals surface area contributed by atoms with E-state index < -0.39 is 29.6 Å². The summed E-state index contributed by atoms with van der Waals surface area (Å²) in [5, 5.41) is 2.81. The Balaban J connectivity index is 1.58. The van der Waals surface area contributed by atoms with Crippen LogP contribution in [0.3, 0.4) is 0 Å². The summed E-state index contributed by atoms with van der Waals surface area (Å²) in [6.07, 6.45) is 2.49. The fourth-order valence-corrected chi connectivity index (χ4v) is 5.08. The van der Waals surface area contributed by atoms with Crippen molar-refractivity contribution in [3.05, 3.63) is 53.9 Å². The standard InChI is InChI=1S/C33H41N5O7/c1-5-44-32(43)38-19-17-37(18-20-38)31(42)25(15-16-28(40)45-33(2,3)4)36-30(41)27-21-26(22-11-13-24(39)14-12-22)34-29(35-27)23-9-7-6-8-10-23/h6-11,21,25H,5,12-20H2,1-4H3,(H,36,41). The van der Waals surface area contributed by atoms with E-state index in [9.17, 15) is 24.0 Å². The van der Waals surface area contributed by atoms with Gasteiger partial charge in [-0.15, -0.1) is 0 Å². The van der Waals surface area contributed by atoms with E-state index in [-0.39, 0.29) is 63.0 Å². The number of esters is 1. The molecule has 1 aromatic heterocycles. The van der Waals surface area contributed by atoms with Crippen LogP contribution in [0.4, 0.5) is 4.79 Å². The Morgan fingerprint density at radius 2 is 1.67 bits per heavy atom. The smallest absolute Gasteiger partial charge is 0.409 e. The zero-order chi connectivity index (χ0) is 32.6. The molecule has 0 radical (unpaired) electrons. The number of allylic oxidation sites excluding steroid dienone is 2. The van der Waals surface area contributed by atoms with Crippen molar-refractivity contribution >= 4 is 35.2 Å². The molecule has 45 heavy (non-hydrogen) atoms. The number of Topliss-reactive ketones (excluding diaryl/α,β-unsaturated/α-hetero) is 1. The van der Waals surface area contributed by atoms with E-state index in [4.69, 9.17) is 14.5 Å². The van der Waals surface area contributed by atoms with Crippen LogP contribution in [0, 0.1) is 0 Å². The molecule has 2 aromatic rings. The molecule has 0 bridgehead atoms. The molecule has 1 N–H and O–H groups in total. The molecule has 3 amide bonds. The Morgan fingerprint density at radius 1 is 0.978 bits per heavy atom. The zero-order valence-corrected chi connectivity index (χ0v) is 26.3. The first-order chi connectivity index (χ1) is 21.4. The minimum Gasteiger partial charge on any atom is -0.460 e. The second-order valence-corrected chi connectivity index (χ2v) is 12.0. The van der Waals surface area contributed by atoms with Gasteiger partial charge >= 0.3 is 12.1 Å². The number of ether oxygens (including phenoxy) is 2. The van der Waals surface area contributed by atoms with Crippen molar-refractivity contribution in [3.63, 3.8) is 0 Å². The van der Waals surface area contributed by atoms with E-state index >= 15 is 0 Å². The molecule has 1 saturated heterocycles. The number of aromatic nitrogens is 2. The third kappa shape index (κ3) is 9.44. The van der Waals surface area contributed by atoms with Crippen LogP contribution in [0.5, 0.6) is 0 Å². The molecule has 240 valence electrons. The molecule has 0 spiro atoms. The van der Waals surface area contributed by atoms with Gasteiger partial charge in [-0.2, -0.15) is 0 Å². The molecular formula is C33H41N5O7. The second kappa shape index (κ2) is 14.9. The molecular weight excluding hydrogens is 578 g/mol. The number of benzene rings is 1. The lowest BCUT2D eigenvalue weighted by Crippen LogP contribution is -2.56. The number of hydrogen-bond acceptors (Lipinski definition) is 9. The average Bonchev–Trinajstić information content (AvgIpc) is 3.02. The summed E-state index contributed by atoms with van der Waals surface area (Å²) < 4.78 is 10.5. The van der Waals surface area contributed by atoms with E-state index in [1.54, 1.807) is 38.7 Å². The molecule has 4 rings (SSSR count). The Labute approximate surface area is 263 Å². The molecule has 1 aromatic carbocycles. The molecule has 12 nitrogen and oxygen atoms in total. The summed E-state index contributed by atoms with van der Waals surface area (Å²) in [6, 6.07) is 9.74. The van der Waals surface area contributed by atoms with Crippen LogP contribution in [0.15, 0.2) is 42.5 Å². The number of carbonyl (C=O) groups is 5. The van der Waals surface area contributed by atoms with Gasteiger partial charge in [-0.05, 0) is 52.2 Å². The van der Waals surface area contributed by atoms with E-state index in [1.165, 1.54) is 4.90 Å². The summed E-state index contributed by atoms with van der Waals surface area (Å²) in [7, 11) is 0. The number of rotatable bonds is 9. The van der Waals surface area contributed by atoms with Gasteiger partial charge in [0, 0.05) is 51.0 Å². The van der Waals surface area contributed by atoms with E-state index in [0.717, 1.165) is 5.57 Å². The van der Waals surface area contributed by atoms with Gasteiger partial charge in [-0.25, -0.2) is 14.8 Å². The highest BCUT2D eigenvalue weighted by atomic mass is 16.6. The fourth-order valence-electron chi connectivity index (χ4n) is 5.08. The molecule has 1 aliphatic heterocycles. The largest absolute Gasteiger partial charge is 0.460 e. The Bertz CT molecular complexity index is 1440. The van der Waals surface area contributed by atoms with Gasteiger partial charge in [0.1, 0.15) is 23.1 Å². The molecule has 1 atom stereocenters. The summed E-state index contributed by atoms with van der Waals surface area (Å²) in [5.74, 6) is -0.986. The first kappa shape index (κ1) is 33.3. The predicted molar refractivity (Wildman–Crippen MR) is 166 cm³/mol. The highest BCUT2D eigenvalue weighted by Crippen LogP contribution is 2.26. The van der Waals surface area contributed by atoms with Crippen molar-refractivity contribution in [1.29, 1.82) is 0 Å². The molecule has 2 heterocycles. The van der Waals surface area contributed by atoms with E-state index in [1.807, 2.05) is 36.4 Å². The molecule has 1 unspecified atom stereocenters. The van der Waals surface area contributed by atoms with E-state index in [0.29, 0.717) is 36.3 Å². The number of carbonyl (C=O) groups excluding carboxylic acids is 5. The SMILES string of the molecule is CCOC(=O)N1CCN(C(=O)C(CCC(=O)OC(C)(C)C)NC(=O)c2cc(C3=CCC(=O)CC3)nc(-c3ccccc3)n2)CC1. The topological polar surface area (TPSA) is 148 Å². The number of nitrogens with one attached hydrogen (secondary N) is 1. The lowest BCUT2D eigenvalue weighted by molar-refractivity contribution is -0.155. The number of ketones is 1. The lowest BCUT2D eigenvalue weighted by atomic mass is 9.95. The van der Waals surface area contributed by atoms with Gasteiger partial charge < -0.3 is 24.6 Å². The van der Waals surface area contributed by atoms with Crippen molar-refractivity contribution in [1.82, 2.24) is 25.1 Å². The molecule has 2 aliphatic rings. The van der Waals surface area contributed by atoms with Crippen molar-refractivity contribution in [2.45, 2.75) is 71.4 Å². The highest BCUT2D eigenvalue weighted by Gasteiger charge is 2.32. The van der Waals surface area contributed by atoms with Gasteiger partial charge in [0.25, 0.3) is 5.91 Å². The maximum Gasteiger partial charge on any atom is 0.409 e.